The van der Waals surface area contributed by atoms with Crippen molar-refractivity contribution >= 4 is 0 Å². The Morgan fingerprint density at radius 3 is 2.63 bits per heavy atom. The van der Waals surface area contributed by atoms with Gasteiger partial charge in [0.25, 0.3) is 0 Å². The number of hydrogen-bond acceptors (Lipinski definition) is 3. The summed E-state index contributed by atoms with van der Waals surface area (Å²) >= 11 is 0. The molecule has 19 heavy (non-hydrogen) atoms. The largest absolute Gasteiger partial charge is 0.323 e. The van der Waals surface area contributed by atoms with Crippen LogP contribution in [0.4, 0.5) is 0 Å². The van der Waals surface area contributed by atoms with Gasteiger partial charge in [0, 0.05) is 37.4 Å². The minimum absolute atomic E-state index is 0.0719. The van der Waals surface area contributed by atoms with Gasteiger partial charge in [0.15, 0.2) is 0 Å². The van der Waals surface area contributed by atoms with Gasteiger partial charge in [0.05, 0.1) is 6.20 Å². The number of nitrogens with two attached hydrogens (primary N) is 1. The molecule has 1 atom stereocenters. The summed E-state index contributed by atoms with van der Waals surface area (Å²) in [5.41, 5.74) is 7.41. The number of rotatable bonds is 5. The van der Waals surface area contributed by atoms with Gasteiger partial charge in [-0.25, -0.2) is 0 Å². The van der Waals surface area contributed by atoms with Crippen molar-refractivity contribution in [2.45, 2.75) is 51.1 Å². The van der Waals surface area contributed by atoms with Gasteiger partial charge in [-0.1, -0.05) is 13.3 Å². The van der Waals surface area contributed by atoms with Gasteiger partial charge < -0.3 is 10.6 Å². The summed E-state index contributed by atoms with van der Waals surface area (Å²) in [7, 11) is 4.15. The van der Waals surface area contributed by atoms with Crippen LogP contribution < -0.4 is 5.73 Å². The van der Waals surface area contributed by atoms with Gasteiger partial charge in [0.1, 0.15) is 0 Å². The van der Waals surface area contributed by atoms with E-state index in [9.17, 15) is 0 Å². The molecule has 1 unspecified atom stereocenters. The lowest BCUT2D eigenvalue weighted by Crippen LogP contribution is -2.39. The summed E-state index contributed by atoms with van der Waals surface area (Å²) in [4.78, 5) is 2.45. The fourth-order valence-electron chi connectivity index (χ4n) is 3.19. The lowest BCUT2D eigenvalue weighted by Gasteiger charge is -2.35. The Morgan fingerprint density at radius 2 is 2.11 bits per heavy atom. The van der Waals surface area contributed by atoms with E-state index in [-0.39, 0.29) is 6.04 Å². The maximum atomic E-state index is 6.27. The van der Waals surface area contributed by atoms with Gasteiger partial charge in [-0.2, -0.15) is 5.10 Å². The fraction of sp³-hybridized carbons (Fsp3) is 0.800. The van der Waals surface area contributed by atoms with E-state index in [1.807, 2.05) is 24.1 Å². The Hall–Kier alpha value is -0.870. The summed E-state index contributed by atoms with van der Waals surface area (Å²) in [5, 5.41) is 4.20. The van der Waals surface area contributed by atoms with Gasteiger partial charge >= 0.3 is 0 Å². The van der Waals surface area contributed by atoms with E-state index in [2.05, 4.69) is 24.0 Å². The molecule has 0 amide bonds. The van der Waals surface area contributed by atoms with Gasteiger partial charge in [-0.3, -0.25) is 4.68 Å². The van der Waals surface area contributed by atoms with Crippen LogP contribution in [0, 0.1) is 5.92 Å². The van der Waals surface area contributed by atoms with Crippen molar-refractivity contribution in [2.24, 2.45) is 18.7 Å². The number of likely N-dealkylation sites (N-methyl/N-ethyl adjacent to an activating group) is 1. The van der Waals surface area contributed by atoms with Crippen LogP contribution in [0.1, 0.15) is 50.6 Å². The second-order valence-electron chi connectivity index (χ2n) is 6.08. The first-order chi connectivity index (χ1) is 9.10. The predicted octanol–water partition coefficient (Wildman–Crippen LogP) is 2.32. The summed E-state index contributed by atoms with van der Waals surface area (Å²) in [6, 6.07) is 0.785. The van der Waals surface area contributed by atoms with Crippen molar-refractivity contribution in [3.63, 3.8) is 0 Å². The quantitative estimate of drug-likeness (QED) is 0.888. The van der Waals surface area contributed by atoms with Gasteiger partial charge in [-0.05, 0) is 38.6 Å². The molecule has 0 radical (unpaired) electrons. The topological polar surface area (TPSA) is 47.1 Å². The van der Waals surface area contributed by atoms with E-state index in [0.29, 0.717) is 6.04 Å². The lowest BCUT2D eigenvalue weighted by molar-refractivity contribution is 0.156. The first kappa shape index (κ1) is 14.5. The zero-order valence-corrected chi connectivity index (χ0v) is 12.5. The lowest BCUT2D eigenvalue weighted by atomic mass is 9.84. The van der Waals surface area contributed by atoms with Crippen LogP contribution >= 0.6 is 0 Å². The number of hydrogen-bond donors (Lipinski definition) is 1. The molecule has 0 bridgehead atoms. The third kappa shape index (κ3) is 3.80. The molecule has 0 saturated heterocycles. The Bertz CT molecular complexity index is 379. The van der Waals surface area contributed by atoms with E-state index in [1.165, 1.54) is 32.1 Å². The highest BCUT2D eigenvalue weighted by molar-refractivity contribution is 5.10. The highest BCUT2D eigenvalue weighted by Gasteiger charge is 2.24. The molecule has 0 aliphatic heterocycles. The minimum Gasteiger partial charge on any atom is -0.323 e. The van der Waals surface area contributed by atoms with Crippen LogP contribution in [0.25, 0.3) is 0 Å². The number of aromatic nitrogens is 2. The zero-order chi connectivity index (χ0) is 13.8. The molecule has 108 valence electrons. The second-order valence-corrected chi connectivity index (χ2v) is 6.08. The van der Waals surface area contributed by atoms with Crippen LogP contribution in [0.2, 0.25) is 0 Å². The molecule has 4 nitrogen and oxygen atoms in total. The molecule has 1 fully saturated rings. The van der Waals surface area contributed by atoms with Crippen molar-refractivity contribution in [2.75, 3.05) is 13.6 Å². The average molecular weight is 264 g/mol. The Labute approximate surface area is 117 Å². The summed E-state index contributed by atoms with van der Waals surface area (Å²) in [6.45, 7) is 3.24. The summed E-state index contributed by atoms with van der Waals surface area (Å²) in [5.74, 6) is 0.955. The molecule has 1 aromatic heterocycles. The van der Waals surface area contributed by atoms with Gasteiger partial charge in [-0.15, -0.1) is 0 Å². The first-order valence-corrected chi connectivity index (χ1v) is 7.54. The van der Waals surface area contributed by atoms with Crippen molar-refractivity contribution in [1.82, 2.24) is 14.7 Å². The van der Waals surface area contributed by atoms with E-state index in [1.54, 1.807) is 0 Å². The van der Waals surface area contributed by atoms with Crippen LogP contribution in [-0.2, 0) is 7.05 Å². The van der Waals surface area contributed by atoms with Crippen molar-refractivity contribution in [3.05, 3.63) is 18.0 Å². The molecular weight excluding hydrogens is 236 g/mol. The van der Waals surface area contributed by atoms with Gasteiger partial charge in [0.2, 0.25) is 0 Å². The molecule has 0 spiro atoms. The molecule has 2 rings (SSSR count). The first-order valence-electron chi connectivity index (χ1n) is 7.54. The molecule has 1 aliphatic carbocycles. The third-order valence-corrected chi connectivity index (χ3v) is 4.65. The van der Waals surface area contributed by atoms with Crippen molar-refractivity contribution in [3.8, 4) is 0 Å². The maximum absolute atomic E-state index is 6.27. The zero-order valence-electron chi connectivity index (χ0n) is 12.5. The molecule has 2 N–H and O–H groups in total. The van der Waals surface area contributed by atoms with Crippen LogP contribution in [-0.4, -0.2) is 34.3 Å². The standard InChI is InChI=1S/C15H28N4/c1-4-12-5-7-14(8-6-12)18(2)11-15(16)13-9-17-19(3)10-13/h9-10,12,14-15H,4-8,11,16H2,1-3H3. The molecule has 4 heteroatoms. The van der Waals surface area contributed by atoms with Crippen molar-refractivity contribution in [1.29, 1.82) is 0 Å². The monoisotopic (exact) mass is 264 g/mol. The Kier molecular flexibility index (Phi) is 4.99. The van der Waals surface area contributed by atoms with E-state index < -0.39 is 0 Å². The third-order valence-electron chi connectivity index (χ3n) is 4.65. The van der Waals surface area contributed by atoms with Crippen molar-refractivity contribution < 1.29 is 0 Å². The average Bonchev–Trinajstić information content (AvgIpc) is 2.85. The van der Waals surface area contributed by atoms with E-state index in [0.717, 1.165) is 18.0 Å². The number of nitrogens with zero attached hydrogens (tertiary/aromatic N) is 3. The van der Waals surface area contributed by atoms with Crippen LogP contribution in [0.15, 0.2) is 12.4 Å². The van der Waals surface area contributed by atoms with E-state index in [4.69, 9.17) is 5.73 Å². The smallest absolute Gasteiger partial charge is 0.0537 e. The highest BCUT2D eigenvalue weighted by atomic mass is 15.2. The fourth-order valence-corrected chi connectivity index (χ4v) is 3.19. The highest BCUT2D eigenvalue weighted by Crippen LogP contribution is 2.29. The summed E-state index contributed by atoms with van der Waals surface area (Å²) in [6.07, 6.45) is 10.7. The predicted molar refractivity (Wildman–Crippen MR) is 78.8 cm³/mol. The molecular formula is C15H28N4. The molecule has 1 saturated carbocycles. The second kappa shape index (κ2) is 6.53. The van der Waals surface area contributed by atoms with E-state index >= 15 is 0 Å². The molecule has 1 heterocycles. The SMILES string of the molecule is CCC1CCC(N(C)CC(N)c2cnn(C)c2)CC1. The van der Waals surface area contributed by atoms with Crippen LogP contribution in [0.3, 0.4) is 0 Å². The molecule has 1 aromatic rings. The Balaban J connectivity index is 1.82. The summed E-state index contributed by atoms with van der Waals surface area (Å²) < 4.78 is 1.82. The Morgan fingerprint density at radius 1 is 1.42 bits per heavy atom. The molecule has 0 aromatic carbocycles. The number of aryl methyl sites for hydroxylation is 1. The molecule has 1 aliphatic rings. The maximum Gasteiger partial charge on any atom is 0.0537 e. The normalized spacial score (nSPS) is 25.7. The van der Waals surface area contributed by atoms with Crippen LogP contribution in [0.5, 0.6) is 0 Å². The minimum atomic E-state index is 0.0719.